The molecule has 7 rings (SSSR count). The molecule has 16 nitrogen and oxygen atoms in total. The lowest BCUT2D eigenvalue weighted by Crippen LogP contribution is -2.41. The molecule has 0 unspecified atom stereocenters. The molecule has 0 radical (unpaired) electrons. The van der Waals surface area contributed by atoms with Crippen LogP contribution in [-0.4, -0.2) is 111 Å². The van der Waals surface area contributed by atoms with E-state index in [1.54, 1.807) is 35.4 Å². The van der Waals surface area contributed by atoms with E-state index in [1.807, 2.05) is 70.5 Å². The van der Waals surface area contributed by atoms with Crippen LogP contribution >= 0.6 is 15.9 Å². The first-order chi connectivity index (χ1) is 33.1. The fraction of sp³-hybridized carbons (Fsp3) is 0.480. The molecule has 6 aromatic rings. The number of ether oxygens (including phenoxy) is 4. The number of carbonyl (C=O) groups is 2. The highest BCUT2D eigenvalue weighted by Crippen LogP contribution is 2.36. The highest BCUT2D eigenvalue weighted by molar-refractivity contribution is 9.10. The minimum atomic E-state index is -1.17. The van der Waals surface area contributed by atoms with Crippen molar-refractivity contribution < 1.29 is 37.8 Å². The maximum Gasteiger partial charge on any atom is 0.498 e. The van der Waals surface area contributed by atoms with Crippen LogP contribution < -0.4 is 5.46 Å². The Morgan fingerprint density at radius 1 is 0.643 bits per heavy atom. The van der Waals surface area contributed by atoms with Crippen molar-refractivity contribution in [2.45, 2.75) is 131 Å². The number of hydrogen-bond acceptors (Lipinski definition) is 12. The number of halogens is 1. The fourth-order valence-electron chi connectivity index (χ4n) is 6.63. The van der Waals surface area contributed by atoms with Crippen LogP contribution in [0, 0.1) is 0 Å². The molecule has 0 N–H and O–H groups in total. The molecule has 2 aromatic carbocycles. The summed E-state index contributed by atoms with van der Waals surface area (Å²) in [6.45, 7) is 29.6. The van der Waals surface area contributed by atoms with Crippen molar-refractivity contribution in [3.05, 3.63) is 125 Å². The molecule has 0 spiro atoms. The van der Waals surface area contributed by atoms with Gasteiger partial charge in [0.25, 0.3) is 0 Å². The van der Waals surface area contributed by atoms with Crippen LogP contribution in [0.3, 0.4) is 0 Å². The average Bonchev–Trinajstić information content (AvgIpc) is 4.14. The lowest BCUT2D eigenvalue weighted by Gasteiger charge is -2.32. The van der Waals surface area contributed by atoms with Gasteiger partial charge >= 0.3 is 19.1 Å². The molecule has 5 heterocycles. The van der Waals surface area contributed by atoms with Crippen molar-refractivity contribution in [3.8, 4) is 11.3 Å². The summed E-state index contributed by atoms with van der Waals surface area (Å²) in [7, 11) is -2.61. The van der Waals surface area contributed by atoms with Gasteiger partial charge in [0.2, 0.25) is 11.6 Å². The number of benzene rings is 2. The highest BCUT2D eigenvalue weighted by Gasteiger charge is 2.52. The van der Waals surface area contributed by atoms with Crippen molar-refractivity contribution in [2.75, 3.05) is 26.4 Å². The summed E-state index contributed by atoms with van der Waals surface area (Å²) in [5, 5.41) is 8.84. The topological polar surface area (TPSA) is 161 Å². The molecule has 1 aliphatic rings. The summed E-state index contributed by atoms with van der Waals surface area (Å²) in [4.78, 5) is 32.7. The van der Waals surface area contributed by atoms with Crippen molar-refractivity contribution in [3.63, 3.8) is 0 Å². The summed E-state index contributed by atoms with van der Waals surface area (Å²) >= 11 is 3.25. The van der Waals surface area contributed by atoms with Crippen molar-refractivity contribution >= 4 is 56.6 Å². The number of nitrogens with zero attached hydrogens (tertiary/aromatic N) is 8. The second kappa shape index (κ2) is 25.4. The molecule has 1 saturated heterocycles. The molecule has 1 fully saturated rings. The van der Waals surface area contributed by atoms with Crippen LogP contribution in [0.2, 0.25) is 51.4 Å². The Kier molecular flexibility index (Phi) is 20.3. The van der Waals surface area contributed by atoms with Crippen LogP contribution in [0.4, 0.5) is 0 Å². The smallest absolute Gasteiger partial charge is 0.460 e. The van der Waals surface area contributed by atoms with Gasteiger partial charge in [-0.1, -0.05) is 99.9 Å². The molecular weight excluding hydrogens is 987 g/mol. The first-order valence-corrected chi connectivity index (χ1v) is 32.1. The monoisotopic (exact) mass is 1060 g/mol. The minimum absolute atomic E-state index is 0.246. The Morgan fingerprint density at radius 3 is 1.59 bits per heavy atom. The molecule has 0 atom stereocenters. The number of imidazole rings is 2. The third kappa shape index (κ3) is 17.4. The second-order valence-corrected chi connectivity index (χ2v) is 32.4. The normalized spacial score (nSPS) is 14.1. The Hall–Kier alpha value is -4.96. The first kappa shape index (κ1) is 56.0. The molecule has 0 amide bonds. The zero-order valence-electron chi connectivity index (χ0n) is 43.1. The van der Waals surface area contributed by atoms with E-state index in [4.69, 9.17) is 28.3 Å². The molecule has 1 aliphatic heterocycles. The number of esters is 2. The van der Waals surface area contributed by atoms with E-state index in [9.17, 15) is 9.59 Å². The van der Waals surface area contributed by atoms with E-state index in [-0.39, 0.29) is 36.7 Å². The van der Waals surface area contributed by atoms with E-state index in [2.05, 4.69) is 127 Å². The Balaban J connectivity index is 0.000000203. The van der Waals surface area contributed by atoms with Crippen molar-refractivity contribution in [1.29, 1.82) is 0 Å². The van der Waals surface area contributed by atoms with Gasteiger partial charge in [-0.3, -0.25) is 9.36 Å². The molecule has 70 heavy (non-hydrogen) atoms. The second-order valence-electron chi connectivity index (χ2n) is 20.4. The zero-order valence-corrected chi connectivity index (χ0v) is 46.7. The van der Waals surface area contributed by atoms with Crippen molar-refractivity contribution in [2.24, 2.45) is 0 Å². The number of rotatable bonds is 20. The van der Waals surface area contributed by atoms with Gasteiger partial charge in [-0.25, -0.2) is 19.6 Å². The summed E-state index contributed by atoms with van der Waals surface area (Å²) in [6, 6.07) is 22.6. The van der Waals surface area contributed by atoms with E-state index < -0.39 is 28.1 Å². The van der Waals surface area contributed by atoms with E-state index >= 15 is 0 Å². The van der Waals surface area contributed by atoms with Gasteiger partial charge in [-0.15, -0.1) is 0 Å². The number of carbonyl (C=O) groups excluding carboxylic acids is 2. The quantitative estimate of drug-likeness (QED) is 0.0405. The summed E-state index contributed by atoms with van der Waals surface area (Å²) in [6.07, 6.45) is 11.1. The SMILES string of the molecule is CC1(C)OB(c2cnn(Cc3ccccc3)c2)OC1(C)C.CCOC(=O)c1nc(-c2cnn(Cc3ccccc3)c2)cn1COCC[Si](C)(C)C.CCOC(=O)c1nc(Br)cn1COCC[Si](C)(C)C. The largest absolute Gasteiger partial charge is 0.498 e. The molecule has 0 saturated carbocycles. The molecule has 0 bridgehead atoms. The predicted octanol–water partition coefficient (Wildman–Crippen LogP) is 9.65. The van der Waals surface area contributed by atoms with Gasteiger partial charge in [0.05, 0.1) is 49.4 Å². The predicted molar refractivity (Wildman–Crippen MR) is 283 cm³/mol. The summed E-state index contributed by atoms with van der Waals surface area (Å²) < 4.78 is 41.4. The van der Waals surface area contributed by atoms with Gasteiger partial charge in [-0.2, -0.15) is 10.2 Å². The van der Waals surface area contributed by atoms with E-state index in [0.29, 0.717) is 50.0 Å². The summed E-state index contributed by atoms with van der Waals surface area (Å²) in [5.41, 5.74) is 4.23. The molecule has 378 valence electrons. The summed E-state index contributed by atoms with van der Waals surface area (Å²) in [5.74, 6) is -0.367. The highest BCUT2D eigenvalue weighted by atomic mass is 79.9. The van der Waals surface area contributed by atoms with Gasteiger partial charge < -0.3 is 37.4 Å². The van der Waals surface area contributed by atoms with Crippen LogP contribution in [0.1, 0.15) is 73.9 Å². The Bertz CT molecular complexity index is 2540. The Morgan fingerprint density at radius 2 is 1.10 bits per heavy atom. The first-order valence-electron chi connectivity index (χ1n) is 23.8. The standard InChI is InChI=1S/C22H30N4O3Si.C16H21BN2O2.C12H21BrN2O3Si/c1-5-29-22(27)21-24-20(16-25(21)17-28-11-12-30(2,3)4)19-13-23-26(15-19)14-18-9-7-6-8-10-18;1-15(2)16(3,4)21-17(20-15)14-10-18-19(12-14)11-13-8-6-5-7-9-13;1-5-18-12(16)11-14-10(13)8-15(11)9-17-6-7-19(2,3)4/h6-10,13,15-16H,5,11-12,14,17H2,1-4H3;5-10,12H,11H2,1-4H3;8H,5-7,9H2,1-4H3. The van der Waals surface area contributed by atoms with Crippen molar-refractivity contribution in [1.82, 2.24) is 38.7 Å². The molecule has 4 aromatic heterocycles. The van der Waals surface area contributed by atoms with Crippen LogP contribution in [0.15, 0.2) is 102 Å². The van der Waals surface area contributed by atoms with Gasteiger partial charge in [0, 0.05) is 71.4 Å². The maximum absolute atomic E-state index is 12.4. The number of hydrogen-bond donors (Lipinski definition) is 0. The van der Waals surface area contributed by atoms with Crippen LogP contribution in [0.25, 0.3) is 11.3 Å². The molecule has 20 heteroatoms. The van der Waals surface area contributed by atoms with E-state index in [0.717, 1.165) is 29.7 Å². The van der Waals surface area contributed by atoms with Gasteiger partial charge in [0.15, 0.2) is 0 Å². The third-order valence-corrected chi connectivity index (χ3v) is 15.2. The molecule has 0 aliphatic carbocycles. The van der Waals surface area contributed by atoms with Crippen LogP contribution in [-0.2, 0) is 54.8 Å². The minimum Gasteiger partial charge on any atom is -0.460 e. The average molecular weight is 1060 g/mol. The third-order valence-electron chi connectivity index (χ3n) is 11.4. The van der Waals surface area contributed by atoms with Gasteiger partial charge in [0.1, 0.15) is 18.1 Å². The van der Waals surface area contributed by atoms with Crippen LogP contribution in [0.5, 0.6) is 0 Å². The van der Waals surface area contributed by atoms with Gasteiger partial charge in [-0.05, 0) is 80.7 Å². The lowest BCUT2D eigenvalue weighted by atomic mass is 9.82. The maximum atomic E-state index is 12.4. The Labute approximate surface area is 424 Å². The molecular formula is C50H72BBrN8O8Si2. The fourth-order valence-corrected chi connectivity index (χ4v) is 8.55. The lowest BCUT2D eigenvalue weighted by molar-refractivity contribution is 0.00578. The van der Waals surface area contributed by atoms with E-state index in [1.165, 1.54) is 11.1 Å². The number of aromatic nitrogens is 8. The zero-order chi connectivity index (χ0) is 51.1.